The largest absolute Gasteiger partial charge is 0.485 e. The summed E-state index contributed by atoms with van der Waals surface area (Å²) in [6.07, 6.45) is 4.77. The molecule has 1 aliphatic carbocycles. The van der Waals surface area contributed by atoms with E-state index in [4.69, 9.17) is 4.74 Å². The molecule has 2 atom stereocenters. The molecule has 1 fully saturated rings. The zero-order chi connectivity index (χ0) is 19.9. The van der Waals surface area contributed by atoms with Gasteiger partial charge in [0.1, 0.15) is 12.4 Å². The maximum absolute atomic E-state index is 12.4. The van der Waals surface area contributed by atoms with Crippen LogP contribution in [0.2, 0.25) is 0 Å². The first kappa shape index (κ1) is 20.7. The SMILES string of the molecule is CCn1c(COc2ccccc2C)nnc1SCC(=O)N[C@@H]1CCCC[C@@H]1C. The Hall–Kier alpha value is -2.02. The Balaban J connectivity index is 1.54. The molecule has 1 N–H and O–H groups in total. The van der Waals surface area contributed by atoms with Crippen LogP contribution in [0.4, 0.5) is 0 Å². The summed E-state index contributed by atoms with van der Waals surface area (Å²) in [6, 6.07) is 8.23. The van der Waals surface area contributed by atoms with Crippen molar-refractivity contribution in [1.29, 1.82) is 0 Å². The summed E-state index contributed by atoms with van der Waals surface area (Å²) in [5.74, 6) is 2.62. The van der Waals surface area contributed by atoms with E-state index < -0.39 is 0 Å². The van der Waals surface area contributed by atoms with Gasteiger partial charge in [0.25, 0.3) is 0 Å². The van der Waals surface area contributed by atoms with E-state index in [-0.39, 0.29) is 5.91 Å². The van der Waals surface area contributed by atoms with Crippen LogP contribution in [0, 0.1) is 12.8 Å². The zero-order valence-corrected chi connectivity index (χ0v) is 17.8. The molecule has 0 radical (unpaired) electrons. The summed E-state index contributed by atoms with van der Waals surface area (Å²) in [7, 11) is 0. The maximum atomic E-state index is 12.4. The number of thioether (sulfide) groups is 1. The lowest BCUT2D eigenvalue weighted by molar-refractivity contribution is -0.119. The highest BCUT2D eigenvalue weighted by Crippen LogP contribution is 2.24. The van der Waals surface area contributed by atoms with Gasteiger partial charge in [-0.05, 0) is 44.2 Å². The predicted octanol–water partition coefficient (Wildman–Crippen LogP) is 3.97. The van der Waals surface area contributed by atoms with Gasteiger partial charge in [0.05, 0.1) is 5.75 Å². The van der Waals surface area contributed by atoms with E-state index >= 15 is 0 Å². The van der Waals surface area contributed by atoms with E-state index in [1.165, 1.54) is 31.0 Å². The van der Waals surface area contributed by atoms with Crippen LogP contribution in [-0.2, 0) is 17.9 Å². The summed E-state index contributed by atoms with van der Waals surface area (Å²) < 4.78 is 7.92. The minimum atomic E-state index is 0.0760. The number of nitrogens with zero attached hydrogens (tertiary/aromatic N) is 3. The first-order valence-corrected chi connectivity index (χ1v) is 11.1. The number of aromatic nitrogens is 3. The summed E-state index contributed by atoms with van der Waals surface area (Å²) in [5.41, 5.74) is 1.09. The van der Waals surface area contributed by atoms with Crippen LogP contribution in [0.3, 0.4) is 0 Å². The van der Waals surface area contributed by atoms with Gasteiger partial charge in [0, 0.05) is 12.6 Å². The minimum Gasteiger partial charge on any atom is -0.485 e. The van der Waals surface area contributed by atoms with Gasteiger partial charge in [-0.2, -0.15) is 0 Å². The second-order valence-electron chi connectivity index (χ2n) is 7.42. The lowest BCUT2D eigenvalue weighted by Gasteiger charge is -2.29. The highest BCUT2D eigenvalue weighted by molar-refractivity contribution is 7.99. The smallest absolute Gasteiger partial charge is 0.230 e. The highest BCUT2D eigenvalue weighted by Gasteiger charge is 2.23. The molecule has 7 heteroatoms. The Kier molecular flexibility index (Phi) is 7.36. The predicted molar refractivity (Wildman–Crippen MR) is 111 cm³/mol. The van der Waals surface area contributed by atoms with Crippen LogP contribution in [-0.4, -0.2) is 32.5 Å². The van der Waals surface area contributed by atoms with E-state index in [1.807, 2.05) is 35.8 Å². The number of hydrogen-bond acceptors (Lipinski definition) is 5. The number of rotatable bonds is 8. The zero-order valence-electron chi connectivity index (χ0n) is 17.0. The van der Waals surface area contributed by atoms with Crippen molar-refractivity contribution in [3.05, 3.63) is 35.7 Å². The van der Waals surface area contributed by atoms with Crippen molar-refractivity contribution in [2.24, 2.45) is 5.92 Å². The van der Waals surface area contributed by atoms with Crippen molar-refractivity contribution < 1.29 is 9.53 Å². The Morgan fingerprint density at radius 3 is 2.82 bits per heavy atom. The molecule has 1 heterocycles. The molecule has 2 aromatic rings. The van der Waals surface area contributed by atoms with Crippen molar-refractivity contribution in [3.8, 4) is 5.75 Å². The van der Waals surface area contributed by atoms with Crippen LogP contribution < -0.4 is 10.1 Å². The molecule has 1 amide bonds. The van der Waals surface area contributed by atoms with Crippen molar-refractivity contribution >= 4 is 17.7 Å². The third-order valence-electron chi connectivity index (χ3n) is 5.35. The first-order chi connectivity index (χ1) is 13.6. The number of hydrogen-bond donors (Lipinski definition) is 1. The van der Waals surface area contributed by atoms with Crippen molar-refractivity contribution in [1.82, 2.24) is 20.1 Å². The quantitative estimate of drug-likeness (QED) is 0.677. The lowest BCUT2D eigenvalue weighted by Crippen LogP contribution is -2.41. The fraction of sp³-hybridized carbons (Fsp3) is 0.571. The van der Waals surface area contributed by atoms with Crippen LogP contribution in [0.1, 0.15) is 50.9 Å². The third-order valence-corrected chi connectivity index (χ3v) is 6.32. The molecule has 152 valence electrons. The van der Waals surface area contributed by atoms with Gasteiger partial charge in [-0.3, -0.25) is 4.79 Å². The summed E-state index contributed by atoms with van der Waals surface area (Å²) in [5, 5.41) is 12.5. The fourth-order valence-corrected chi connectivity index (χ4v) is 4.45. The lowest BCUT2D eigenvalue weighted by atomic mass is 9.86. The minimum absolute atomic E-state index is 0.0760. The molecular formula is C21H30N4O2S. The molecular weight excluding hydrogens is 372 g/mol. The van der Waals surface area contributed by atoms with Crippen LogP contribution >= 0.6 is 11.8 Å². The van der Waals surface area contributed by atoms with Crippen LogP contribution in [0.15, 0.2) is 29.4 Å². The number of ether oxygens (including phenoxy) is 1. The second kappa shape index (κ2) is 9.96. The molecule has 6 nitrogen and oxygen atoms in total. The van der Waals surface area contributed by atoms with Gasteiger partial charge in [0.15, 0.2) is 11.0 Å². The molecule has 0 spiro atoms. The Bertz CT molecular complexity index is 792. The average Bonchev–Trinajstić information content (AvgIpc) is 3.09. The maximum Gasteiger partial charge on any atom is 0.230 e. The molecule has 0 bridgehead atoms. The molecule has 1 aromatic heterocycles. The normalized spacial score (nSPS) is 19.4. The molecule has 3 rings (SSSR count). The molecule has 1 saturated carbocycles. The molecule has 1 aromatic carbocycles. The summed E-state index contributed by atoms with van der Waals surface area (Å²) in [4.78, 5) is 12.4. The standard InChI is InChI=1S/C21H30N4O2S/c1-4-25-19(13-27-18-12-8-6-10-16(18)3)23-24-21(25)28-14-20(26)22-17-11-7-5-9-15(17)2/h6,8,10,12,15,17H,4-5,7,9,11,13-14H2,1-3H3,(H,22,26)/t15-,17+/m0/s1. The van der Waals surface area contributed by atoms with E-state index in [0.29, 0.717) is 24.3 Å². The van der Waals surface area contributed by atoms with Crippen molar-refractivity contribution in [2.45, 2.75) is 70.8 Å². The topological polar surface area (TPSA) is 69.0 Å². The van der Waals surface area contributed by atoms with Crippen LogP contribution in [0.5, 0.6) is 5.75 Å². The number of carbonyl (C=O) groups excluding carboxylic acids is 1. The second-order valence-corrected chi connectivity index (χ2v) is 8.36. The fourth-order valence-electron chi connectivity index (χ4n) is 3.62. The van der Waals surface area contributed by atoms with E-state index in [9.17, 15) is 4.79 Å². The van der Waals surface area contributed by atoms with Crippen LogP contribution in [0.25, 0.3) is 0 Å². The van der Waals surface area contributed by atoms with Crippen molar-refractivity contribution in [3.63, 3.8) is 0 Å². The first-order valence-electron chi connectivity index (χ1n) is 10.1. The van der Waals surface area contributed by atoms with Gasteiger partial charge in [0.2, 0.25) is 5.91 Å². The van der Waals surface area contributed by atoms with Gasteiger partial charge < -0.3 is 14.6 Å². The highest BCUT2D eigenvalue weighted by atomic mass is 32.2. The molecule has 0 saturated heterocycles. The Morgan fingerprint density at radius 1 is 1.29 bits per heavy atom. The number of amides is 1. The van der Waals surface area contributed by atoms with Gasteiger partial charge in [-0.15, -0.1) is 10.2 Å². The average molecular weight is 403 g/mol. The van der Waals surface area contributed by atoms with Crippen molar-refractivity contribution in [2.75, 3.05) is 5.75 Å². The number of benzene rings is 1. The number of nitrogens with one attached hydrogen (secondary N) is 1. The monoisotopic (exact) mass is 402 g/mol. The number of para-hydroxylation sites is 1. The molecule has 1 aliphatic rings. The molecule has 28 heavy (non-hydrogen) atoms. The third kappa shape index (κ3) is 5.28. The van der Waals surface area contributed by atoms with E-state index in [1.54, 1.807) is 0 Å². The van der Waals surface area contributed by atoms with Gasteiger partial charge in [-0.25, -0.2) is 0 Å². The number of aryl methyl sites for hydroxylation is 1. The molecule has 0 aliphatic heterocycles. The number of carbonyl (C=O) groups is 1. The van der Waals surface area contributed by atoms with E-state index in [2.05, 4.69) is 29.4 Å². The Morgan fingerprint density at radius 2 is 2.07 bits per heavy atom. The van der Waals surface area contributed by atoms with Gasteiger partial charge >= 0.3 is 0 Å². The Labute approximate surface area is 171 Å². The molecule has 0 unspecified atom stereocenters. The van der Waals surface area contributed by atoms with Gasteiger partial charge in [-0.1, -0.05) is 49.7 Å². The summed E-state index contributed by atoms with van der Waals surface area (Å²) >= 11 is 1.44. The summed E-state index contributed by atoms with van der Waals surface area (Å²) in [6.45, 7) is 7.40. The van der Waals surface area contributed by atoms with E-state index in [0.717, 1.165) is 35.3 Å².